The predicted octanol–water partition coefficient (Wildman–Crippen LogP) is 5.01. The summed E-state index contributed by atoms with van der Waals surface area (Å²) < 4.78 is 7.04. The number of halogens is 1. The van der Waals surface area contributed by atoms with Crippen molar-refractivity contribution in [3.8, 4) is 5.75 Å². The fraction of sp³-hybridized carbons (Fsp3) is 0.647. The molecule has 0 aliphatic heterocycles. The van der Waals surface area contributed by atoms with Crippen LogP contribution in [0.2, 0.25) is 0 Å². The topological polar surface area (TPSA) is 21.3 Å². The number of nitrogens with one attached hydrogen (secondary N) is 1. The number of benzene rings is 1. The molecule has 3 heteroatoms. The second-order valence-electron chi connectivity index (χ2n) is 6.14. The average molecular weight is 342 g/mol. The molecule has 114 valence electrons. The van der Waals surface area contributed by atoms with Gasteiger partial charge in [0.2, 0.25) is 0 Å². The first-order valence-corrected chi connectivity index (χ1v) is 8.41. The molecule has 0 aromatic heterocycles. The van der Waals surface area contributed by atoms with Crippen LogP contribution in [0.1, 0.15) is 46.1 Å². The van der Waals surface area contributed by atoms with E-state index in [1.165, 1.54) is 12.0 Å². The third-order valence-electron chi connectivity index (χ3n) is 3.09. The molecule has 0 saturated carbocycles. The highest BCUT2D eigenvalue weighted by atomic mass is 79.9. The monoisotopic (exact) mass is 341 g/mol. The van der Waals surface area contributed by atoms with Crippen LogP contribution in [0.5, 0.6) is 5.75 Å². The van der Waals surface area contributed by atoms with Crippen LogP contribution in [-0.4, -0.2) is 13.2 Å². The molecule has 1 aromatic carbocycles. The van der Waals surface area contributed by atoms with Gasteiger partial charge in [-0.1, -0.05) is 39.8 Å². The lowest BCUT2D eigenvalue weighted by Crippen LogP contribution is -2.19. The van der Waals surface area contributed by atoms with Crippen molar-refractivity contribution in [3.05, 3.63) is 28.2 Å². The first-order chi connectivity index (χ1) is 9.50. The molecule has 20 heavy (non-hydrogen) atoms. The van der Waals surface area contributed by atoms with E-state index in [-0.39, 0.29) is 0 Å². The van der Waals surface area contributed by atoms with Crippen molar-refractivity contribution >= 4 is 15.9 Å². The Morgan fingerprint density at radius 2 is 1.90 bits per heavy atom. The summed E-state index contributed by atoms with van der Waals surface area (Å²) in [5.74, 6) is 2.40. The van der Waals surface area contributed by atoms with Crippen LogP contribution >= 0.6 is 15.9 Å². The summed E-state index contributed by atoms with van der Waals surface area (Å²) in [6, 6.07) is 6.25. The van der Waals surface area contributed by atoms with E-state index in [1.54, 1.807) is 0 Å². The van der Waals surface area contributed by atoms with Gasteiger partial charge in [0.1, 0.15) is 5.75 Å². The summed E-state index contributed by atoms with van der Waals surface area (Å²) in [6.07, 6.45) is 2.32. The van der Waals surface area contributed by atoms with E-state index in [1.807, 2.05) is 6.07 Å². The summed E-state index contributed by atoms with van der Waals surface area (Å²) in [7, 11) is 0. The molecule has 0 radical (unpaired) electrons. The molecule has 0 amide bonds. The van der Waals surface area contributed by atoms with E-state index in [9.17, 15) is 0 Å². The molecule has 0 aliphatic rings. The van der Waals surface area contributed by atoms with E-state index >= 15 is 0 Å². The molecule has 2 nitrogen and oxygen atoms in total. The number of hydrogen-bond donors (Lipinski definition) is 1. The van der Waals surface area contributed by atoms with Gasteiger partial charge < -0.3 is 10.1 Å². The quantitative estimate of drug-likeness (QED) is 0.637. The molecular formula is C17H28BrNO. The molecule has 0 bridgehead atoms. The Labute approximate surface area is 132 Å². The molecule has 0 spiro atoms. The molecule has 0 fully saturated rings. The lowest BCUT2D eigenvalue weighted by molar-refractivity contribution is 0.292. The van der Waals surface area contributed by atoms with Crippen molar-refractivity contribution in [3.63, 3.8) is 0 Å². The van der Waals surface area contributed by atoms with Crippen molar-refractivity contribution in [2.45, 2.75) is 47.1 Å². The zero-order valence-corrected chi connectivity index (χ0v) is 14.8. The molecule has 0 heterocycles. The molecule has 0 unspecified atom stereocenters. The van der Waals surface area contributed by atoms with Crippen LogP contribution in [0.4, 0.5) is 0 Å². The zero-order chi connectivity index (χ0) is 15.0. The van der Waals surface area contributed by atoms with Crippen LogP contribution in [0.3, 0.4) is 0 Å². The fourth-order valence-electron chi connectivity index (χ4n) is 2.02. The van der Waals surface area contributed by atoms with Gasteiger partial charge in [-0.15, -0.1) is 0 Å². The lowest BCUT2D eigenvalue weighted by Gasteiger charge is -2.15. The predicted molar refractivity (Wildman–Crippen MR) is 90.3 cm³/mol. The van der Waals surface area contributed by atoms with Crippen molar-refractivity contribution < 1.29 is 4.74 Å². The Morgan fingerprint density at radius 3 is 2.55 bits per heavy atom. The van der Waals surface area contributed by atoms with Gasteiger partial charge in [0.15, 0.2) is 0 Å². The minimum Gasteiger partial charge on any atom is -0.492 e. The number of rotatable bonds is 9. The lowest BCUT2D eigenvalue weighted by atomic mass is 10.1. The van der Waals surface area contributed by atoms with Crippen LogP contribution < -0.4 is 10.1 Å². The SMILES string of the molecule is CC(C)CCCOc1c(Br)cccc1CNCC(C)C. The summed E-state index contributed by atoms with van der Waals surface area (Å²) in [6.45, 7) is 11.6. The highest BCUT2D eigenvalue weighted by Crippen LogP contribution is 2.29. The van der Waals surface area contributed by atoms with E-state index in [4.69, 9.17) is 4.74 Å². The van der Waals surface area contributed by atoms with E-state index in [0.29, 0.717) is 5.92 Å². The Kier molecular flexibility index (Phi) is 8.24. The normalized spacial score (nSPS) is 11.3. The Hall–Kier alpha value is -0.540. The molecule has 1 N–H and O–H groups in total. The number of para-hydroxylation sites is 1. The van der Waals surface area contributed by atoms with Crippen LogP contribution in [0.15, 0.2) is 22.7 Å². The highest BCUT2D eigenvalue weighted by molar-refractivity contribution is 9.10. The smallest absolute Gasteiger partial charge is 0.137 e. The minimum absolute atomic E-state index is 0.664. The van der Waals surface area contributed by atoms with Crippen molar-refractivity contribution in [2.75, 3.05) is 13.2 Å². The summed E-state index contributed by atoms with van der Waals surface area (Å²) >= 11 is 3.60. The maximum Gasteiger partial charge on any atom is 0.137 e. The van der Waals surface area contributed by atoms with Gasteiger partial charge in [0.05, 0.1) is 11.1 Å². The number of hydrogen-bond acceptors (Lipinski definition) is 2. The second kappa shape index (κ2) is 9.41. The summed E-state index contributed by atoms with van der Waals surface area (Å²) in [4.78, 5) is 0. The number of ether oxygens (including phenoxy) is 1. The van der Waals surface area contributed by atoms with Gasteiger partial charge in [-0.05, 0) is 53.2 Å². The Morgan fingerprint density at radius 1 is 1.15 bits per heavy atom. The van der Waals surface area contributed by atoms with E-state index in [0.717, 1.165) is 42.3 Å². The van der Waals surface area contributed by atoms with E-state index in [2.05, 4.69) is 61.1 Å². The van der Waals surface area contributed by atoms with Gasteiger partial charge in [-0.2, -0.15) is 0 Å². The average Bonchev–Trinajstić information content (AvgIpc) is 2.36. The molecule has 0 saturated heterocycles. The van der Waals surface area contributed by atoms with Gasteiger partial charge in [-0.3, -0.25) is 0 Å². The Bertz CT molecular complexity index is 391. The third kappa shape index (κ3) is 6.76. The van der Waals surface area contributed by atoms with Gasteiger partial charge in [-0.25, -0.2) is 0 Å². The van der Waals surface area contributed by atoms with Crippen LogP contribution in [0, 0.1) is 11.8 Å². The van der Waals surface area contributed by atoms with Gasteiger partial charge in [0, 0.05) is 12.1 Å². The molecule has 1 aromatic rings. The van der Waals surface area contributed by atoms with Crippen molar-refractivity contribution in [2.24, 2.45) is 11.8 Å². The molecule has 1 rings (SSSR count). The van der Waals surface area contributed by atoms with Crippen LogP contribution in [0.25, 0.3) is 0 Å². The van der Waals surface area contributed by atoms with Crippen molar-refractivity contribution in [1.29, 1.82) is 0 Å². The maximum atomic E-state index is 5.99. The minimum atomic E-state index is 0.664. The van der Waals surface area contributed by atoms with Gasteiger partial charge >= 0.3 is 0 Å². The van der Waals surface area contributed by atoms with Gasteiger partial charge in [0.25, 0.3) is 0 Å². The zero-order valence-electron chi connectivity index (χ0n) is 13.2. The summed E-state index contributed by atoms with van der Waals surface area (Å²) in [5, 5.41) is 3.48. The molecule has 0 atom stereocenters. The van der Waals surface area contributed by atoms with Crippen LogP contribution in [-0.2, 0) is 6.54 Å². The third-order valence-corrected chi connectivity index (χ3v) is 3.71. The second-order valence-corrected chi connectivity index (χ2v) is 6.99. The highest BCUT2D eigenvalue weighted by Gasteiger charge is 2.08. The fourth-order valence-corrected chi connectivity index (χ4v) is 2.54. The standard InChI is InChI=1S/C17H28BrNO/c1-13(2)7-6-10-20-17-15(8-5-9-16(17)18)12-19-11-14(3)4/h5,8-9,13-14,19H,6-7,10-12H2,1-4H3. The summed E-state index contributed by atoms with van der Waals surface area (Å²) in [5.41, 5.74) is 1.23. The first-order valence-electron chi connectivity index (χ1n) is 7.61. The largest absolute Gasteiger partial charge is 0.492 e. The Balaban J connectivity index is 2.54. The molecular weight excluding hydrogens is 314 g/mol. The van der Waals surface area contributed by atoms with Crippen molar-refractivity contribution in [1.82, 2.24) is 5.32 Å². The molecule has 0 aliphatic carbocycles. The first kappa shape index (κ1) is 17.5. The maximum absolute atomic E-state index is 5.99. The van der Waals surface area contributed by atoms with E-state index < -0.39 is 0 Å².